The standard InChI is InChI=1S/C22H16N4S2/c23-14-18-19(17-4-2-1-3-5-17)20(22(28)25-21(18)27)26-12-8-16(9-13-26)15-6-10-24-11-7-15/h1-13,19-20,23H/p+1/t19-,20+/m0/s1. The number of rotatable bonds is 3. The number of hydrogen-bond donors (Lipinski definition) is 2. The summed E-state index contributed by atoms with van der Waals surface area (Å²) < 4.78 is 2.07. The highest BCUT2D eigenvalue weighted by molar-refractivity contribution is 7.82. The Morgan fingerprint density at radius 1 is 0.929 bits per heavy atom. The molecule has 1 aliphatic heterocycles. The zero-order valence-electron chi connectivity index (χ0n) is 14.9. The van der Waals surface area contributed by atoms with Crippen LogP contribution in [0.2, 0.25) is 0 Å². The highest BCUT2D eigenvalue weighted by Gasteiger charge is 2.43. The first-order chi connectivity index (χ1) is 13.7. The van der Waals surface area contributed by atoms with E-state index in [1.807, 2.05) is 54.9 Å². The molecule has 3 heterocycles. The Morgan fingerprint density at radius 2 is 1.57 bits per heavy atom. The number of benzene rings is 1. The monoisotopic (exact) mass is 401 g/mol. The van der Waals surface area contributed by atoms with Crippen molar-refractivity contribution in [2.75, 3.05) is 0 Å². The van der Waals surface area contributed by atoms with Gasteiger partial charge in [0.15, 0.2) is 17.4 Å². The second-order valence-electron chi connectivity index (χ2n) is 6.46. The molecule has 0 bridgehead atoms. The van der Waals surface area contributed by atoms with E-state index < -0.39 is 0 Å². The predicted octanol–water partition coefficient (Wildman–Crippen LogP) is 3.79. The number of hydrogen-bond acceptors (Lipinski definition) is 4. The summed E-state index contributed by atoms with van der Waals surface area (Å²) in [7, 11) is 0. The van der Waals surface area contributed by atoms with Crippen LogP contribution in [0.15, 0.2) is 85.0 Å². The van der Waals surface area contributed by atoms with Gasteiger partial charge in [0.05, 0.1) is 11.5 Å². The lowest BCUT2D eigenvalue weighted by atomic mass is 9.82. The molecule has 136 valence electrons. The van der Waals surface area contributed by atoms with E-state index in [9.17, 15) is 0 Å². The fraction of sp³-hybridized carbons (Fsp3) is 0.0909. The summed E-state index contributed by atoms with van der Waals surface area (Å²) in [5.41, 5.74) is 3.90. The summed E-state index contributed by atoms with van der Waals surface area (Å²) in [6.45, 7) is 0. The van der Waals surface area contributed by atoms with Crippen molar-refractivity contribution in [3.8, 4) is 11.1 Å². The number of nitrogens with zero attached hydrogens (tertiary/aromatic N) is 2. The molecule has 1 aromatic carbocycles. The van der Waals surface area contributed by atoms with Crippen LogP contribution < -0.4 is 9.88 Å². The molecule has 2 atom stereocenters. The van der Waals surface area contributed by atoms with Crippen LogP contribution in [0.1, 0.15) is 17.5 Å². The Bertz CT molecular complexity index is 1070. The summed E-state index contributed by atoms with van der Waals surface area (Å²) >= 11 is 11.1. The molecule has 0 saturated carbocycles. The van der Waals surface area contributed by atoms with Crippen molar-refractivity contribution in [3.05, 3.63) is 90.5 Å². The molecule has 0 radical (unpaired) electrons. The molecule has 1 aliphatic rings. The van der Waals surface area contributed by atoms with E-state index in [0.29, 0.717) is 15.6 Å². The molecule has 0 amide bonds. The van der Waals surface area contributed by atoms with Gasteiger partial charge in [-0.2, -0.15) is 4.57 Å². The third kappa shape index (κ3) is 3.41. The molecule has 0 spiro atoms. The Kier molecular flexibility index (Phi) is 5.17. The summed E-state index contributed by atoms with van der Waals surface area (Å²) in [6.07, 6.45) is 7.59. The maximum Gasteiger partial charge on any atom is 0.219 e. The minimum atomic E-state index is -0.191. The highest BCUT2D eigenvalue weighted by atomic mass is 32.1. The van der Waals surface area contributed by atoms with E-state index >= 15 is 0 Å². The Morgan fingerprint density at radius 3 is 2.21 bits per heavy atom. The number of pyridine rings is 2. The molecule has 0 unspecified atom stereocenters. The van der Waals surface area contributed by atoms with Crippen LogP contribution in [0.4, 0.5) is 0 Å². The first-order valence-electron chi connectivity index (χ1n) is 8.80. The van der Waals surface area contributed by atoms with Gasteiger partial charge in [0.1, 0.15) is 4.99 Å². The van der Waals surface area contributed by atoms with Gasteiger partial charge in [0.25, 0.3) is 0 Å². The average Bonchev–Trinajstić information content (AvgIpc) is 2.75. The van der Waals surface area contributed by atoms with Crippen LogP contribution in [-0.4, -0.2) is 20.8 Å². The van der Waals surface area contributed by atoms with Gasteiger partial charge >= 0.3 is 0 Å². The van der Waals surface area contributed by atoms with Crippen molar-refractivity contribution in [2.45, 2.75) is 12.0 Å². The molecule has 6 heteroatoms. The van der Waals surface area contributed by atoms with Crippen molar-refractivity contribution in [1.29, 1.82) is 5.41 Å². The lowest BCUT2D eigenvalue weighted by Gasteiger charge is -2.31. The number of aromatic nitrogens is 2. The molecule has 1 fully saturated rings. The van der Waals surface area contributed by atoms with Crippen molar-refractivity contribution in [1.82, 2.24) is 10.3 Å². The van der Waals surface area contributed by atoms with Gasteiger partial charge in [0, 0.05) is 24.5 Å². The molecule has 28 heavy (non-hydrogen) atoms. The van der Waals surface area contributed by atoms with Crippen LogP contribution in [0.25, 0.3) is 11.1 Å². The molecule has 2 aromatic heterocycles. The second-order valence-corrected chi connectivity index (χ2v) is 7.31. The zero-order valence-corrected chi connectivity index (χ0v) is 16.5. The summed E-state index contributed by atoms with van der Waals surface area (Å²) in [6, 6.07) is 17.9. The van der Waals surface area contributed by atoms with E-state index in [4.69, 9.17) is 29.8 Å². The fourth-order valence-corrected chi connectivity index (χ4v) is 4.23. The molecule has 3 aromatic rings. The van der Waals surface area contributed by atoms with Gasteiger partial charge in [-0.1, -0.05) is 54.8 Å². The predicted molar refractivity (Wildman–Crippen MR) is 118 cm³/mol. The summed E-state index contributed by atoms with van der Waals surface area (Å²) in [4.78, 5) is 5.18. The van der Waals surface area contributed by atoms with Gasteiger partial charge in [-0.15, -0.1) is 0 Å². The normalized spacial score (nSPS) is 19.1. The maximum absolute atomic E-state index is 7.80. The van der Waals surface area contributed by atoms with Gasteiger partial charge in [0.2, 0.25) is 6.04 Å². The molecule has 2 N–H and O–H groups in total. The SMILES string of the molecule is N=C=C1C(=S)NC(=S)[C@H]([n+]2ccc(-c3ccncc3)cc2)[C@H]1c1ccccc1. The minimum absolute atomic E-state index is 0.170. The van der Waals surface area contributed by atoms with Crippen molar-refractivity contribution in [2.24, 2.45) is 0 Å². The lowest BCUT2D eigenvalue weighted by molar-refractivity contribution is -0.708. The van der Waals surface area contributed by atoms with Gasteiger partial charge in [-0.25, -0.2) is 0 Å². The van der Waals surface area contributed by atoms with Crippen LogP contribution >= 0.6 is 24.4 Å². The number of piperidine rings is 1. The molecule has 4 rings (SSSR count). The van der Waals surface area contributed by atoms with E-state index in [1.54, 1.807) is 12.4 Å². The second kappa shape index (κ2) is 7.90. The van der Waals surface area contributed by atoms with Crippen LogP contribution in [-0.2, 0) is 0 Å². The molecule has 1 saturated heterocycles. The average molecular weight is 402 g/mol. The zero-order chi connectivity index (χ0) is 19.5. The van der Waals surface area contributed by atoms with Crippen LogP contribution in [0, 0.1) is 5.41 Å². The van der Waals surface area contributed by atoms with Gasteiger partial charge in [-0.05, 0) is 34.7 Å². The van der Waals surface area contributed by atoms with Crippen LogP contribution in [0.5, 0.6) is 0 Å². The summed E-state index contributed by atoms with van der Waals surface area (Å²) in [5.74, 6) is 2.37. The van der Waals surface area contributed by atoms with Crippen molar-refractivity contribution < 1.29 is 4.57 Å². The first-order valence-corrected chi connectivity index (χ1v) is 9.61. The van der Waals surface area contributed by atoms with E-state index in [2.05, 4.69) is 32.9 Å². The molecular weight excluding hydrogens is 384 g/mol. The smallest absolute Gasteiger partial charge is 0.219 e. The van der Waals surface area contributed by atoms with E-state index in [-0.39, 0.29) is 12.0 Å². The Labute approximate surface area is 174 Å². The van der Waals surface area contributed by atoms with Crippen molar-refractivity contribution in [3.63, 3.8) is 0 Å². The minimum Gasteiger partial charge on any atom is -0.335 e. The largest absolute Gasteiger partial charge is 0.335 e. The Balaban J connectivity index is 1.78. The fourth-order valence-electron chi connectivity index (χ4n) is 3.52. The first kappa shape index (κ1) is 18.3. The topological polar surface area (TPSA) is 52.7 Å². The van der Waals surface area contributed by atoms with Crippen LogP contribution in [0.3, 0.4) is 0 Å². The highest BCUT2D eigenvalue weighted by Crippen LogP contribution is 2.35. The third-order valence-corrected chi connectivity index (χ3v) is 5.52. The van der Waals surface area contributed by atoms with E-state index in [0.717, 1.165) is 16.7 Å². The van der Waals surface area contributed by atoms with Crippen molar-refractivity contribution >= 4 is 40.3 Å². The third-order valence-electron chi connectivity index (χ3n) is 4.86. The molecule has 0 aliphatic carbocycles. The van der Waals surface area contributed by atoms with E-state index in [1.165, 1.54) is 0 Å². The summed E-state index contributed by atoms with van der Waals surface area (Å²) in [5, 5.41) is 10.9. The molecule has 4 nitrogen and oxygen atoms in total. The van der Waals surface area contributed by atoms with Gasteiger partial charge in [-0.3, -0.25) is 10.4 Å². The molecular formula is C22H17N4S2+. The number of nitrogens with one attached hydrogen (secondary N) is 2. The van der Waals surface area contributed by atoms with Gasteiger partial charge < -0.3 is 5.32 Å². The maximum atomic E-state index is 7.80. The quantitative estimate of drug-likeness (QED) is 0.303. The lowest BCUT2D eigenvalue weighted by Crippen LogP contribution is -2.56. The number of thiocarbonyl (C=S) groups is 2. The Hall–Kier alpha value is -3.05.